The fourth-order valence-electron chi connectivity index (χ4n) is 3.97. The summed E-state index contributed by atoms with van der Waals surface area (Å²) in [5, 5.41) is 0. The topological polar surface area (TPSA) is 71.1 Å². The van der Waals surface area contributed by atoms with Crippen molar-refractivity contribution in [1.29, 1.82) is 0 Å². The van der Waals surface area contributed by atoms with E-state index in [9.17, 15) is 9.59 Å². The summed E-state index contributed by atoms with van der Waals surface area (Å²) < 4.78 is 23.6. The number of hydrogen-bond donors (Lipinski definition) is 0. The van der Waals surface area contributed by atoms with Gasteiger partial charge in [0.05, 0.1) is 14.2 Å². The Morgan fingerprint density at radius 1 is 0.556 bits per heavy atom. The first kappa shape index (κ1) is 24.5. The van der Waals surface area contributed by atoms with Gasteiger partial charge in [-0.2, -0.15) is 0 Å². The Morgan fingerprint density at radius 3 is 1.28 bits per heavy atom. The summed E-state index contributed by atoms with van der Waals surface area (Å²) in [5.74, 6) is 1.49. The molecule has 0 N–H and O–H groups in total. The zero-order valence-electron chi connectivity index (χ0n) is 20.1. The minimum atomic E-state index is 0.301. The SMILES string of the molecule is COc1c(OCc2ccccc2)ccc(C=O)c1-c1c(C=O)ccc(OCc2ccccc2)c1OC. The van der Waals surface area contributed by atoms with E-state index in [1.165, 1.54) is 14.2 Å². The highest BCUT2D eigenvalue weighted by atomic mass is 16.5. The molecule has 4 rings (SSSR count). The monoisotopic (exact) mass is 482 g/mol. The van der Waals surface area contributed by atoms with Gasteiger partial charge in [0.15, 0.2) is 35.6 Å². The van der Waals surface area contributed by atoms with E-state index in [4.69, 9.17) is 18.9 Å². The largest absolute Gasteiger partial charge is 0.492 e. The zero-order chi connectivity index (χ0) is 25.3. The van der Waals surface area contributed by atoms with Gasteiger partial charge in [-0.25, -0.2) is 0 Å². The predicted molar refractivity (Wildman–Crippen MR) is 137 cm³/mol. The van der Waals surface area contributed by atoms with Crippen molar-refractivity contribution in [2.24, 2.45) is 0 Å². The van der Waals surface area contributed by atoms with Gasteiger partial charge >= 0.3 is 0 Å². The number of ether oxygens (including phenoxy) is 4. The van der Waals surface area contributed by atoms with Crippen LogP contribution in [0.3, 0.4) is 0 Å². The van der Waals surface area contributed by atoms with Gasteiger partial charge < -0.3 is 18.9 Å². The number of rotatable bonds is 11. The first-order chi connectivity index (χ1) is 17.7. The van der Waals surface area contributed by atoms with Gasteiger partial charge in [0.1, 0.15) is 13.2 Å². The molecule has 0 saturated carbocycles. The van der Waals surface area contributed by atoms with Crippen molar-refractivity contribution < 1.29 is 28.5 Å². The lowest BCUT2D eigenvalue weighted by Gasteiger charge is -2.21. The molecule has 0 radical (unpaired) electrons. The van der Waals surface area contributed by atoms with Crippen LogP contribution < -0.4 is 18.9 Å². The molecule has 0 aliphatic carbocycles. The van der Waals surface area contributed by atoms with E-state index in [2.05, 4.69) is 0 Å². The second-order valence-corrected chi connectivity index (χ2v) is 7.91. The second-order valence-electron chi connectivity index (χ2n) is 7.91. The lowest BCUT2D eigenvalue weighted by Crippen LogP contribution is -2.05. The highest BCUT2D eigenvalue weighted by molar-refractivity contribution is 6.00. The van der Waals surface area contributed by atoms with Crippen molar-refractivity contribution in [2.75, 3.05) is 14.2 Å². The van der Waals surface area contributed by atoms with Gasteiger partial charge in [-0.15, -0.1) is 0 Å². The maximum absolute atomic E-state index is 12.1. The molecule has 0 unspecified atom stereocenters. The van der Waals surface area contributed by atoms with Crippen molar-refractivity contribution in [3.05, 3.63) is 107 Å². The third kappa shape index (κ3) is 5.23. The fraction of sp³-hybridized carbons (Fsp3) is 0.133. The molecule has 0 heterocycles. The zero-order valence-corrected chi connectivity index (χ0v) is 20.1. The van der Waals surface area contributed by atoms with E-state index in [-0.39, 0.29) is 0 Å². The van der Waals surface area contributed by atoms with Crippen LogP contribution in [-0.4, -0.2) is 26.8 Å². The summed E-state index contributed by atoms with van der Waals surface area (Å²) in [6.07, 6.45) is 1.43. The number of carbonyl (C=O) groups excluding carboxylic acids is 2. The highest BCUT2D eigenvalue weighted by Crippen LogP contribution is 2.48. The third-order valence-electron chi connectivity index (χ3n) is 5.69. The molecular weight excluding hydrogens is 456 g/mol. The Balaban J connectivity index is 1.81. The van der Waals surface area contributed by atoms with Gasteiger partial charge in [-0.1, -0.05) is 60.7 Å². The molecule has 4 aromatic rings. The molecule has 182 valence electrons. The average Bonchev–Trinajstić information content (AvgIpc) is 2.94. The van der Waals surface area contributed by atoms with Crippen LogP contribution in [-0.2, 0) is 13.2 Å². The molecule has 0 atom stereocenters. The molecule has 0 spiro atoms. The first-order valence-corrected chi connectivity index (χ1v) is 11.4. The van der Waals surface area contributed by atoms with Crippen molar-refractivity contribution in [2.45, 2.75) is 13.2 Å². The maximum Gasteiger partial charge on any atom is 0.169 e. The molecule has 0 fully saturated rings. The quantitative estimate of drug-likeness (QED) is 0.239. The molecule has 4 aromatic carbocycles. The molecule has 0 saturated heterocycles. The van der Waals surface area contributed by atoms with Crippen LogP contribution in [0.4, 0.5) is 0 Å². The smallest absolute Gasteiger partial charge is 0.169 e. The number of methoxy groups -OCH3 is 2. The summed E-state index contributed by atoms with van der Waals surface area (Å²) in [6, 6.07) is 26.0. The normalized spacial score (nSPS) is 10.4. The van der Waals surface area contributed by atoms with E-state index in [1.807, 2.05) is 60.7 Å². The first-order valence-electron chi connectivity index (χ1n) is 11.4. The number of carbonyl (C=O) groups is 2. The Bertz CT molecular complexity index is 1230. The van der Waals surface area contributed by atoms with Crippen LogP contribution >= 0.6 is 0 Å². The summed E-state index contributed by atoms with van der Waals surface area (Å²) in [7, 11) is 2.98. The van der Waals surface area contributed by atoms with E-state index >= 15 is 0 Å². The Morgan fingerprint density at radius 2 is 0.944 bits per heavy atom. The lowest BCUT2D eigenvalue weighted by atomic mass is 9.93. The van der Waals surface area contributed by atoms with Gasteiger partial charge in [0, 0.05) is 22.3 Å². The molecule has 6 heteroatoms. The van der Waals surface area contributed by atoms with E-state index in [0.717, 1.165) is 11.1 Å². The summed E-state index contributed by atoms with van der Waals surface area (Å²) in [6.45, 7) is 0.601. The minimum absolute atomic E-state index is 0.301. The molecule has 6 nitrogen and oxygen atoms in total. The number of hydrogen-bond acceptors (Lipinski definition) is 6. The van der Waals surface area contributed by atoms with Crippen LogP contribution in [0.15, 0.2) is 84.9 Å². The van der Waals surface area contributed by atoms with Gasteiger partial charge in [0.25, 0.3) is 0 Å². The second kappa shape index (κ2) is 11.7. The van der Waals surface area contributed by atoms with Crippen LogP contribution in [0.5, 0.6) is 23.0 Å². The standard InChI is InChI=1S/C30H26O6/c1-33-29-25(35-19-21-9-5-3-6-10-21)15-13-23(17-31)27(29)28-24(18-32)14-16-26(30(28)34-2)36-20-22-11-7-4-8-12-22/h3-18H,19-20H2,1-2H3. The van der Waals surface area contributed by atoms with Gasteiger partial charge in [0.2, 0.25) is 0 Å². The van der Waals surface area contributed by atoms with Gasteiger partial charge in [-0.05, 0) is 35.4 Å². The molecule has 0 aliphatic heterocycles. The minimum Gasteiger partial charge on any atom is -0.492 e. The lowest BCUT2D eigenvalue weighted by molar-refractivity contribution is 0.111. The molecular formula is C30H26O6. The summed E-state index contributed by atoms with van der Waals surface area (Å²) >= 11 is 0. The third-order valence-corrected chi connectivity index (χ3v) is 5.69. The van der Waals surface area contributed by atoms with Crippen molar-refractivity contribution in [1.82, 2.24) is 0 Å². The Labute approximate surface area is 210 Å². The number of benzene rings is 4. The van der Waals surface area contributed by atoms with E-state index in [1.54, 1.807) is 24.3 Å². The van der Waals surface area contributed by atoms with Crippen molar-refractivity contribution in [3.63, 3.8) is 0 Å². The Kier molecular flexibility index (Phi) is 7.98. The van der Waals surface area contributed by atoms with Gasteiger partial charge in [-0.3, -0.25) is 9.59 Å². The fourth-order valence-corrected chi connectivity index (χ4v) is 3.97. The van der Waals surface area contributed by atoms with E-state index < -0.39 is 0 Å². The molecule has 36 heavy (non-hydrogen) atoms. The molecule has 0 aliphatic rings. The van der Waals surface area contributed by atoms with Crippen LogP contribution in [0, 0.1) is 0 Å². The van der Waals surface area contributed by atoms with E-state index in [0.29, 0.717) is 71.0 Å². The van der Waals surface area contributed by atoms with Crippen LogP contribution in [0.2, 0.25) is 0 Å². The van der Waals surface area contributed by atoms with Crippen molar-refractivity contribution >= 4 is 12.6 Å². The predicted octanol–water partition coefficient (Wildman–Crippen LogP) is 6.15. The van der Waals surface area contributed by atoms with Crippen molar-refractivity contribution in [3.8, 4) is 34.1 Å². The van der Waals surface area contributed by atoms with Crippen LogP contribution in [0.1, 0.15) is 31.8 Å². The average molecular weight is 483 g/mol. The molecule has 0 aromatic heterocycles. The maximum atomic E-state index is 12.1. The summed E-state index contributed by atoms with van der Waals surface area (Å²) in [4.78, 5) is 24.2. The number of aldehydes is 2. The molecule has 0 bridgehead atoms. The van der Waals surface area contributed by atoms with Crippen LogP contribution in [0.25, 0.3) is 11.1 Å². The summed E-state index contributed by atoms with van der Waals surface area (Å²) in [5.41, 5.74) is 3.37. The Hall–Kier alpha value is -4.58. The molecule has 0 amide bonds. The highest BCUT2D eigenvalue weighted by Gasteiger charge is 2.25.